The van der Waals surface area contributed by atoms with Gasteiger partial charge in [-0.3, -0.25) is 14.4 Å². The summed E-state index contributed by atoms with van der Waals surface area (Å²) in [5, 5.41) is 3.18. The molecule has 9 nitrogen and oxygen atoms in total. The van der Waals surface area contributed by atoms with E-state index in [9.17, 15) is 19.2 Å². The molecule has 0 saturated heterocycles. The number of ketones is 1. The normalized spacial score (nSPS) is 12.3. The predicted molar refractivity (Wildman–Crippen MR) is 118 cm³/mol. The number of carbonyl (C=O) groups excluding carboxylic acids is 3. The van der Waals surface area contributed by atoms with Gasteiger partial charge in [-0.1, -0.05) is 0 Å². The van der Waals surface area contributed by atoms with Gasteiger partial charge in [-0.2, -0.15) is 0 Å². The summed E-state index contributed by atoms with van der Waals surface area (Å²) in [5.41, 5.74) is 1.01. The third kappa shape index (κ3) is 5.38. The first-order valence-electron chi connectivity index (χ1n) is 10.3. The molecule has 170 valence electrons. The SMILES string of the molecule is CC(=O)Nc1ccc2c(COC(=O)CCC(=O)c3ccc4c(c3)OCCO4)cc(=O)oc2c1. The fraction of sp³-hybridized carbons (Fsp3) is 0.250. The number of amides is 1. The lowest BCUT2D eigenvalue weighted by atomic mass is 10.1. The minimum absolute atomic E-state index is 0.0315. The van der Waals surface area contributed by atoms with E-state index in [0.717, 1.165) is 0 Å². The predicted octanol–water partition coefficient (Wildman–Crippen LogP) is 3.23. The summed E-state index contributed by atoms with van der Waals surface area (Å²) in [7, 11) is 0. The second-order valence-electron chi connectivity index (χ2n) is 7.43. The van der Waals surface area contributed by atoms with Crippen molar-refractivity contribution in [2.75, 3.05) is 18.5 Å². The Morgan fingerprint density at radius 2 is 1.76 bits per heavy atom. The van der Waals surface area contributed by atoms with Crippen LogP contribution >= 0.6 is 0 Å². The number of carbonyl (C=O) groups is 3. The van der Waals surface area contributed by atoms with E-state index in [1.165, 1.54) is 19.1 Å². The van der Waals surface area contributed by atoms with Gasteiger partial charge in [0, 0.05) is 47.7 Å². The van der Waals surface area contributed by atoms with Crippen molar-refractivity contribution in [1.29, 1.82) is 0 Å². The number of hydrogen-bond acceptors (Lipinski definition) is 8. The van der Waals surface area contributed by atoms with Crippen molar-refractivity contribution in [3.8, 4) is 11.5 Å². The van der Waals surface area contributed by atoms with Crippen LogP contribution in [0.5, 0.6) is 11.5 Å². The smallest absolute Gasteiger partial charge is 0.336 e. The first kappa shape index (κ1) is 22.1. The molecule has 0 radical (unpaired) electrons. The maximum absolute atomic E-state index is 12.4. The Morgan fingerprint density at radius 3 is 2.55 bits per heavy atom. The number of rotatable bonds is 7. The summed E-state index contributed by atoms with van der Waals surface area (Å²) in [6.45, 7) is 2.09. The third-order valence-electron chi connectivity index (χ3n) is 4.96. The summed E-state index contributed by atoms with van der Waals surface area (Å²) in [6, 6.07) is 11.0. The van der Waals surface area contributed by atoms with E-state index < -0.39 is 11.6 Å². The molecule has 2 heterocycles. The van der Waals surface area contributed by atoms with E-state index in [2.05, 4.69) is 5.32 Å². The largest absolute Gasteiger partial charge is 0.486 e. The number of benzene rings is 2. The van der Waals surface area contributed by atoms with Crippen LogP contribution in [0.25, 0.3) is 11.0 Å². The van der Waals surface area contributed by atoms with Crippen molar-refractivity contribution in [3.63, 3.8) is 0 Å². The second-order valence-corrected chi connectivity index (χ2v) is 7.43. The zero-order valence-corrected chi connectivity index (χ0v) is 17.8. The molecule has 0 unspecified atom stereocenters. The number of Topliss-reactive ketones (excluding diaryl/α,β-unsaturated/α-hetero) is 1. The highest BCUT2D eigenvalue weighted by Gasteiger charge is 2.17. The summed E-state index contributed by atoms with van der Waals surface area (Å²) in [6.07, 6.45) is -0.143. The Labute approximate surface area is 188 Å². The monoisotopic (exact) mass is 451 g/mol. The van der Waals surface area contributed by atoms with Crippen LogP contribution in [0.4, 0.5) is 5.69 Å². The van der Waals surface area contributed by atoms with E-state index in [1.807, 2.05) is 0 Å². The summed E-state index contributed by atoms with van der Waals surface area (Å²) in [5.74, 6) is 0.0389. The number of esters is 1. The van der Waals surface area contributed by atoms with Gasteiger partial charge in [0.25, 0.3) is 0 Å². The first-order valence-corrected chi connectivity index (χ1v) is 10.3. The molecule has 1 N–H and O–H groups in total. The molecule has 0 fully saturated rings. The van der Waals surface area contributed by atoms with Gasteiger partial charge in [0.1, 0.15) is 25.4 Å². The molecule has 1 amide bonds. The standard InChI is InChI=1S/C24H21NO8/c1-14(26)25-17-3-4-18-16(11-24(29)33-21(18)12-17)13-32-23(28)7-5-19(27)15-2-6-20-22(10-15)31-9-8-30-20/h2-4,6,10-12H,5,7-9,13H2,1H3,(H,25,26). The maximum Gasteiger partial charge on any atom is 0.336 e. The number of fused-ring (bicyclic) bond motifs is 2. The van der Waals surface area contributed by atoms with Gasteiger partial charge in [-0.15, -0.1) is 0 Å². The topological polar surface area (TPSA) is 121 Å². The molecule has 4 rings (SSSR count). The van der Waals surface area contributed by atoms with Crippen LogP contribution in [-0.2, 0) is 20.9 Å². The van der Waals surface area contributed by atoms with Crippen molar-refractivity contribution < 1.29 is 33.0 Å². The number of anilines is 1. The van der Waals surface area contributed by atoms with Crippen molar-refractivity contribution in [3.05, 3.63) is 64.0 Å². The molecule has 33 heavy (non-hydrogen) atoms. The van der Waals surface area contributed by atoms with Gasteiger partial charge in [0.05, 0.1) is 6.42 Å². The van der Waals surface area contributed by atoms with Crippen LogP contribution < -0.4 is 20.4 Å². The minimum Gasteiger partial charge on any atom is -0.486 e. The van der Waals surface area contributed by atoms with Crippen molar-refractivity contribution in [2.45, 2.75) is 26.4 Å². The highest BCUT2D eigenvalue weighted by molar-refractivity contribution is 5.98. The molecular formula is C24H21NO8. The van der Waals surface area contributed by atoms with Gasteiger partial charge >= 0.3 is 11.6 Å². The first-order chi connectivity index (χ1) is 15.9. The fourth-order valence-electron chi connectivity index (χ4n) is 3.44. The van der Waals surface area contributed by atoms with E-state index >= 15 is 0 Å². The average Bonchev–Trinajstić information content (AvgIpc) is 2.79. The van der Waals surface area contributed by atoms with Gasteiger partial charge in [-0.05, 0) is 30.3 Å². The van der Waals surface area contributed by atoms with Crippen LogP contribution in [0.3, 0.4) is 0 Å². The maximum atomic E-state index is 12.4. The van der Waals surface area contributed by atoms with Gasteiger partial charge in [0.2, 0.25) is 5.91 Å². The highest BCUT2D eigenvalue weighted by atomic mass is 16.6. The molecule has 1 aliphatic rings. The lowest BCUT2D eigenvalue weighted by Crippen LogP contribution is -2.16. The number of nitrogens with one attached hydrogen (secondary N) is 1. The van der Waals surface area contributed by atoms with Crippen LogP contribution in [0.2, 0.25) is 0 Å². The van der Waals surface area contributed by atoms with E-state index in [-0.39, 0.29) is 36.7 Å². The molecule has 1 aromatic heterocycles. The van der Waals surface area contributed by atoms with E-state index in [0.29, 0.717) is 46.9 Å². The Kier molecular flexibility index (Phi) is 6.39. The van der Waals surface area contributed by atoms with E-state index in [4.69, 9.17) is 18.6 Å². The summed E-state index contributed by atoms with van der Waals surface area (Å²) in [4.78, 5) is 47.8. The fourth-order valence-corrected chi connectivity index (χ4v) is 3.44. The van der Waals surface area contributed by atoms with Gasteiger partial charge in [0.15, 0.2) is 17.3 Å². The molecule has 0 saturated carbocycles. The molecule has 0 atom stereocenters. The zero-order valence-electron chi connectivity index (χ0n) is 17.8. The Balaban J connectivity index is 1.37. The lowest BCUT2D eigenvalue weighted by molar-refractivity contribution is -0.144. The zero-order chi connectivity index (χ0) is 23.4. The average molecular weight is 451 g/mol. The van der Waals surface area contributed by atoms with E-state index in [1.54, 1.807) is 30.3 Å². The summed E-state index contributed by atoms with van der Waals surface area (Å²) < 4.78 is 21.4. The van der Waals surface area contributed by atoms with Crippen LogP contribution in [0.1, 0.15) is 35.7 Å². The Hall–Kier alpha value is -4.14. The Morgan fingerprint density at radius 1 is 0.970 bits per heavy atom. The molecule has 0 spiro atoms. The van der Waals surface area contributed by atoms with Gasteiger partial charge in [-0.25, -0.2) is 4.79 Å². The minimum atomic E-state index is -0.609. The lowest BCUT2D eigenvalue weighted by Gasteiger charge is -2.18. The highest BCUT2D eigenvalue weighted by Crippen LogP contribution is 2.31. The van der Waals surface area contributed by atoms with Crippen LogP contribution in [0.15, 0.2) is 51.7 Å². The molecule has 3 aromatic rings. The molecular weight excluding hydrogens is 430 g/mol. The number of ether oxygens (including phenoxy) is 3. The third-order valence-corrected chi connectivity index (χ3v) is 4.96. The molecule has 9 heteroatoms. The van der Waals surface area contributed by atoms with Crippen molar-refractivity contribution >= 4 is 34.3 Å². The molecule has 2 aromatic carbocycles. The quantitative estimate of drug-likeness (QED) is 0.330. The number of hydrogen-bond donors (Lipinski definition) is 1. The molecule has 1 aliphatic heterocycles. The molecule has 0 aliphatic carbocycles. The van der Waals surface area contributed by atoms with Gasteiger partial charge < -0.3 is 23.9 Å². The van der Waals surface area contributed by atoms with Crippen LogP contribution in [0, 0.1) is 0 Å². The van der Waals surface area contributed by atoms with Crippen molar-refractivity contribution in [1.82, 2.24) is 0 Å². The van der Waals surface area contributed by atoms with Crippen LogP contribution in [-0.4, -0.2) is 30.9 Å². The second kappa shape index (κ2) is 9.56. The Bertz CT molecular complexity index is 1290. The summed E-state index contributed by atoms with van der Waals surface area (Å²) >= 11 is 0. The molecule has 0 bridgehead atoms. The van der Waals surface area contributed by atoms with Crippen molar-refractivity contribution in [2.24, 2.45) is 0 Å².